The molecule has 0 saturated carbocycles. The van der Waals surface area contributed by atoms with Crippen LogP contribution in [-0.4, -0.2) is 36.4 Å². The van der Waals surface area contributed by atoms with Crippen molar-refractivity contribution >= 4 is 40.6 Å². The van der Waals surface area contributed by atoms with Gasteiger partial charge in [0.05, 0.1) is 24.8 Å². The van der Waals surface area contributed by atoms with E-state index in [0.717, 1.165) is 28.6 Å². The van der Waals surface area contributed by atoms with E-state index in [4.69, 9.17) is 9.47 Å². The van der Waals surface area contributed by atoms with E-state index in [1.165, 1.54) is 20.3 Å². The van der Waals surface area contributed by atoms with Crippen molar-refractivity contribution < 1.29 is 24.2 Å². The summed E-state index contributed by atoms with van der Waals surface area (Å²) >= 11 is 1.15. The number of carboxylic acid groups (broad SMARTS) is 1. The average molecular weight is 412 g/mol. The van der Waals surface area contributed by atoms with Gasteiger partial charge in [-0.1, -0.05) is 23.8 Å². The molecular weight excluding hydrogens is 392 g/mol. The van der Waals surface area contributed by atoms with Gasteiger partial charge in [-0.3, -0.25) is 4.79 Å². The van der Waals surface area contributed by atoms with Crippen LogP contribution in [0.25, 0.3) is 6.08 Å². The Bertz CT molecular complexity index is 1060. The summed E-state index contributed by atoms with van der Waals surface area (Å²) in [6, 6.07) is 9.03. The maximum absolute atomic E-state index is 12.4. The van der Waals surface area contributed by atoms with Gasteiger partial charge in [-0.25, -0.2) is 9.79 Å². The Morgan fingerprint density at radius 3 is 2.55 bits per heavy atom. The number of methoxy groups -OCH3 is 2. The fourth-order valence-corrected chi connectivity index (χ4v) is 3.77. The van der Waals surface area contributed by atoms with Crippen molar-refractivity contribution in [2.45, 2.75) is 13.8 Å². The molecule has 1 aliphatic heterocycles. The molecule has 2 N–H and O–H groups in total. The van der Waals surface area contributed by atoms with Crippen molar-refractivity contribution in [3.8, 4) is 11.5 Å². The molecule has 0 unspecified atom stereocenters. The smallest absolute Gasteiger partial charge is 0.340 e. The number of thioether (sulfide) groups is 1. The number of aliphatic imine (C=N–C) groups is 1. The summed E-state index contributed by atoms with van der Waals surface area (Å²) in [7, 11) is 2.80. The number of nitrogens with one attached hydrogen (secondary N) is 1. The number of amidine groups is 1. The van der Waals surface area contributed by atoms with Crippen molar-refractivity contribution in [2.75, 3.05) is 14.2 Å². The van der Waals surface area contributed by atoms with E-state index in [-0.39, 0.29) is 17.2 Å². The van der Waals surface area contributed by atoms with E-state index in [0.29, 0.717) is 21.4 Å². The van der Waals surface area contributed by atoms with Crippen LogP contribution in [0.4, 0.5) is 5.69 Å². The standard InChI is InChI=1S/C21H20N2O5S/c1-11-5-7-14(12(2)9-11)22-21-23-19(24)16(29-21)10-13-6-8-15(27-3)18(28-4)17(13)20(25)26/h5-10H,1-4H3,(H,25,26)(H,22,23,24)/b16-10-. The normalized spacial score (nSPS) is 16.2. The highest BCUT2D eigenvalue weighted by Gasteiger charge is 2.26. The number of carbonyl (C=O) groups excluding carboxylic acids is 1. The molecule has 8 heteroatoms. The van der Waals surface area contributed by atoms with Gasteiger partial charge in [-0.15, -0.1) is 0 Å². The van der Waals surface area contributed by atoms with Crippen LogP contribution in [0.3, 0.4) is 0 Å². The predicted molar refractivity (Wildman–Crippen MR) is 113 cm³/mol. The molecule has 0 aromatic heterocycles. The van der Waals surface area contributed by atoms with Crippen LogP contribution in [0.15, 0.2) is 40.2 Å². The second kappa shape index (κ2) is 8.40. The summed E-state index contributed by atoms with van der Waals surface area (Å²) in [5.41, 5.74) is 3.15. The molecule has 2 aromatic rings. The molecule has 0 radical (unpaired) electrons. The van der Waals surface area contributed by atoms with Crippen LogP contribution < -0.4 is 14.8 Å². The van der Waals surface area contributed by atoms with Crippen molar-refractivity contribution in [1.29, 1.82) is 0 Å². The first kappa shape index (κ1) is 20.5. The van der Waals surface area contributed by atoms with Gasteiger partial charge in [-0.2, -0.15) is 0 Å². The molecule has 0 bridgehead atoms. The zero-order chi connectivity index (χ0) is 21.1. The molecule has 0 atom stereocenters. The minimum absolute atomic E-state index is 0.0764. The Kier molecular flexibility index (Phi) is 5.93. The molecule has 7 nitrogen and oxygen atoms in total. The number of ether oxygens (including phenoxy) is 2. The summed E-state index contributed by atoms with van der Waals surface area (Å²) in [6.07, 6.45) is 1.51. The van der Waals surface area contributed by atoms with Crippen molar-refractivity contribution in [3.05, 3.63) is 57.5 Å². The molecule has 1 aliphatic rings. The summed E-state index contributed by atoms with van der Waals surface area (Å²) < 4.78 is 10.4. The Balaban J connectivity index is 1.98. The highest BCUT2D eigenvalue weighted by Crippen LogP contribution is 2.36. The van der Waals surface area contributed by atoms with Gasteiger partial charge in [0.25, 0.3) is 5.91 Å². The van der Waals surface area contributed by atoms with Gasteiger partial charge < -0.3 is 19.9 Å². The third kappa shape index (κ3) is 4.27. The number of carboxylic acids is 1. The molecule has 1 fully saturated rings. The first-order valence-corrected chi connectivity index (χ1v) is 9.50. The van der Waals surface area contributed by atoms with E-state index in [1.54, 1.807) is 12.1 Å². The number of hydrogen-bond acceptors (Lipinski definition) is 6. The molecule has 1 heterocycles. The number of hydrogen-bond donors (Lipinski definition) is 2. The summed E-state index contributed by atoms with van der Waals surface area (Å²) in [5.74, 6) is -1.13. The van der Waals surface area contributed by atoms with Gasteiger partial charge in [-0.05, 0) is 54.9 Å². The van der Waals surface area contributed by atoms with Gasteiger partial charge >= 0.3 is 5.97 Å². The number of aryl methyl sites for hydroxylation is 2. The first-order valence-electron chi connectivity index (χ1n) is 8.69. The van der Waals surface area contributed by atoms with E-state index in [1.807, 2.05) is 32.0 Å². The predicted octanol–water partition coefficient (Wildman–Crippen LogP) is 3.91. The topological polar surface area (TPSA) is 97.2 Å². The van der Waals surface area contributed by atoms with E-state index in [9.17, 15) is 14.7 Å². The minimum atomic E-state index is -1.18. The fourth-order valence-electron chi connectivity index (χ4n) is 2.95. The number of aromatic carboxylic acids is 1. The lowest BCUT2D eigenvalue weighted by Gasteiger charge is -2.12. The highest BCUT2D eigenvalue weighted by molar-refractivity contribution is 8.18. The lowest BCUT2D eigenvalue weighted by atomic mass is 10.0. The minimum Gasteiger partial charge on any atom is -0.493 e. The second-order valence-corrected chi connectivity index (χ2v) is 7.37. The van der Waals surface area contributed by atoms with Crippen LogP contribution in [-0.2, 0) is 4.79 Å². The molecule has 150 valence electrons. The Hall–Kier alpha value is -3.26. The zero-order valence-electron chi connectivity index (χ0n) is 16.4. The fraction of sp³-hybridized carbons (Fsp3) is 0.190. The molecule has 3 rings (SSSR count). The van der Waals surface area contributed by atoms with Gasteiger partial charge in [0.2, 0.25) is 0 Å². The third-order valence-electron chi connectivity index (χ3n) is 4.30. The highest BCUT2D eigenvalue weighted by atomic mass is 32.2. The molecule has 0 spiro atoms. The monoisotopic (exact) mass is 412 g/mol. The van der Waals surface area contributed by atoms with Gasteiger partial charge in [0.1, 0.15) is 5.56 Å². The third-order valence-corrected chi connectivity index (χ3v) is 5.21. The largest absolute Gasteiger partial charge is 0.493 e. The van der Waals surface area contributed by atoms with Gasteiger partial charge in [0, 0.05) is 0 Å². The van der Waals surface area contributed by atoms with Crippen LogP contribution in [0.5, 0.6) is 11.5 Å². The van der Waals surface area contributed by atoms with E-state index >= 15 is 0 Å². The lowest BCUT2D eigenvalue weighted by Crippen LogP contribution is -2.19. The van der Waals surface area contributed by atoms with E-state index in [2.05, 4.69) is 10.3 Å². The Morgan fingerprint density at radius 2 is 1.93 bits per heavy atom. The summed E-state index contributed by atoms with van der Waals surface area (Å²) in [6.45, 7) is 3.95. The molecule has 2 aromatic carbocycles. The van der Waals surface area contributed by atoms with Crippen LogP contribution in [0.2, 0.25) is 0 Å². The van der Waals surface area contributed by atoms with Crippen molar-refractivity contribution in [1.82, 2.24) is 5.32 Å². The number of carbonyl (C=O) groups is 2. The zero-order valence-corrected chi connectivity index (χ0v) is 17.2. The molecule has 1 amide bonds. The Morgan fingerprint density at radius 1 is 1.17 bits per heavy atom. The van der Waals surface area contributed by atoms with Crippen LogP contribution in [0, 0.1) is 13.8 Å². The van der Waals surface area contributed by atoms with Crippen molar-refractivity contribution in [3.63, 3.8) is 0 Å². The molecule has 29 heavy (non-hydrogen) atoms. The van der Waals surface area contributed by atoms with Crippen LogP contribution >= 0.6 is 11.8 Å². The lowest BCUT2D eigenvalue weighted by molar-refractivity contribution is -0.115. The first-order chi connectivity index (χ1) is 13.8. The summed E-state index contributed by atoms with van der Waals surface area (Å²) in [5, 5.41) is 12.8. The second-order valence-electron chi connectivity index (χ2n) is 6.34. The number of rotatable bonds is 5. The molecule has 1 saturated heterocycles. The maximum Gasteiger partial charge on any atom is 0.340 e. The van der Waals surface area contributed by atoms with E-state index < -0.39 is 5.97 Å². The maximum atomic E-state index is 12.4. The number of amides is 1. The number of benzene rings is 2. The van der Waals surface area contributed by atoms with Crippen LogP contribution in [0.1, 0.15) is 27.0 Å². The molecule has 0 aliphatic carbocycles. The quantitative estimate of drug-likeness (QED) is 0.723. The number of nitrogens with zero attached hydrogens (tertiary/aromatic N) is 1. The van der Waals surface area contributed by atoms with Crippen molar-refractivity contribution in [2.24, 2.45) is 4.99 Å². The molecular formula is C21H20N2O5S. The van der Waals surface area contributed by atoms with Gasteiger partial charge in [0.15, 0.2) is 16.7 Å². The Labute approximate surface area is 172 Å². The average Bonchev–Trinajstić information content (AvgIpc) is 3.02. The summed E-state index contributed by atoms with van der Waals surface area (Å²) in [4.78, 5) is 29.0. The SMILES string of the molecule is COc1ccc(/C=C2\SC(=Nc3ccc(C)cc3C)NC2=O)c(C(=O)O)c1OC.